The average molecular weight is 304 g/mol. The molecule has 0 aromatic carbocycles. The van der Waals surface area contributed by atoms with Crippen LogP contribution < -0.4 is 15.1 Å². The van der Waals surface area contributed by atoms with Crippen molar-refractivity contribution in [1.82, 2.24) is 19.9 Å². The zero-order chi connectivity index (χ0) is 14.7. The summed E-state index contributed by atoms with van der Waals surface area (Å²) in [6.07, 6.45) is 1.80. The number of nitrogens with one attached hydrogen (secondary N) is 1. The second-order valence-electron chi connectivity index (χ2n) is 4.67. The minimum atomic E-state index is -0.189. The Morgan fingerprint density at radius 1 is 1.24 bits per heavy atom. The van der Waals surface area contributed by atoms with Gasteiger partial charge in [-0.25, -0.2) is 4.98 Å². The van der Waals surface area contributed by atoms with Gasteiger partial charge >= 0.3 is 0 Å². The van der Waals surface area contributed by atoms with Gasteiger partial charge in [0.1, 0.15) is 10.8 Å². The van der Waals surface area contributed by atoms with Crippen molar-refractivity contribution in [2.45, 2.75) is 0 Å². The smallest absolute Gasteiger partial charge is 0.274 e. The molecule has 1 aliphatic heterocycles. The molecule has 0 saturated carbocycles. The first kappa shape index (κ1) is 13.7. The molecule has 21 heavy (non-hydrogen) atoms. The third-order valence-electron chi connectivity index (χ3n) is 3.45. The molecule has 0 bridgehead atoms. The number of carbonyl (C=O) groups excluding carboxylic acids is 1. The van der Waals surface area contributed by atoms with Gasteiger partial charge < -0.3 is 15.1 Å². The van der Waals surface area contributed by atoms with Crippen molar-refractivity contribution in [1.29, 1.82) is 0 Å². The van der Waals surface area contributed by atoms with E-state index in [9.17, 15) is 4.79 Å². The number of carbonyl (C=O) groups is 1. The fourth-order valence-electron chi connectivity index (χ4n) is 2.33. The second-order valence-corrected chi connectivity index (χ2v) is 5.40. The Bertz CT molecular complexity index is 608. The molecule has 3 heterocycles. The Balaban J connectivity index is 1.69. The number of aromatic nitrogens is 3. The SMILES string of the molecule is CNC(=O)c1nnsc1N1CCN(c2ccccn2)CC1. The molecule has 3 rings (SSSR count). The van der Waals surface area contributed by atoms with Crippen molar-refractivity contribution >= 4 is 28.3 Å². The number of amides is 1. The molecule has 1 fully saturated rings. The van der Waals surface area contributed by atoms with E-state index < -0.39 is 0 Å². The molecule has 0 spiro atoms. The highest BCUT2D eigenvalue weighted by Gasteiger charge is 2.24. The highest BCUT2D eigenvalue weighted by atomic mass is 32.1. The fraction of sp³-hybridized carbons (Fsp3) is 0.385. The van der Waals surface area contributed by atoms with E-state index in [-0.39, 0.29) is 5.91 Å². The summed E-state index contributed by atoms with van der Waals surface area (Å²) in [4.78, 5) is 20.5. The topological polar surface area (TPSA) is 74.2 Å². The van der Waals surface area contributed by atoms with Crippen LogP contribution in [0.2, 0.25) is 0 Å². The van der Waals surface area contributed by atoms with Crippen LogP contribution in [-0.2, 0) is 0 Å². The van der Waals surface area contributed by atoms with Gasteiger partial charge in [0, 0.05) is 51.0 Å². The van der Waals surface area contributed by atoms with E-state index in [1.165, 1.54) is 11.5 Å². The predicted molar refractivity (Wildman–Crippen MR) is 82.0 cm³/mol. The fourth-order valence-corrected chi connectivity index (χ4v) is 3.05. The number of piperazine rings is 1. The zero-order valence-electron chi connectivity index (χ0n) is 11.7. The number of anilines is 2. The Kier molecular flexibility index (Phi) is 3.96. The lowest BCUT2D eigenvalue weighted by Gasteiger charge is -2.35. The summed E-state index contributed by atoms with van der Waals surface area (Å²) in [5.41, 5.74) is 0.411. The zero-order valence-corrected chi connectivity index (χ0v) is 12.5. The van der Waals surface area contributed by atoms with E-state index in [1.807, 2.05) is 18.2 Å². The summed E-state index contributed by atoms with van der Waals surface area (Å²) in [7, 11) is 1.60. The lowest BCUT2D eigenvalue weighted by Crippen LogP contribution is -2.47. The molecule has 0 aliphatic carbocycles. The molecular weight excluding hydrogens is 288 g/mol. The van der Waals surface area contributed by atoms with Gasteiger partial charge in [-0.05, 0) is 12.1 Å². The minimum absolute atomic E-state index is 0.189. The Labute approximate surface area is 126 Å². The predicted octanol–water partition coefficient (Wildman–Crippen LogP) is 0.619. The van der Waals surface area contributed by atoms with Crippen molar-refractivity contribution in [2.24, 2.45) is 0 Å². The highest BCUT2D eigenvalue weighted by Crippen LogP contribution is 2.25. The molecule has 1 amide bonds. The van der Waals surface area contributed by atoms with E-state index in [0.717, 1.165) is 37.0 Å². The molecule has 7 nitrogen and oxygen atoms in total. The van der Waals surface area contributed by atoms with Gasteiger partial charge in [-0.3, -0.25) is 4.79 Å². The van der Waals surface area contributed by atoms with Crippen LogP contribution >= 0.6 is 11.5 Å². The number of hydrogen-bond acceptors (Lipinski definition) is 7. The number of hydrogen-bond donors (Lipinski definition) is 1. The van der Waals surface area contributed by atoms with E-state index in [4.69, 9.17) is 0 Å². The van der Waals surface area contributed by atoms with E-state index in [1.54, 1.807) is 13.2 Å². The van der Waals surface area contributed by atoms with Crippen LogP contribution in [0.1, 0.15) is 10.5 Å². The third kappa shape index (κ3) is 2.80. The number of pyridine rings is 1. The van der Waals surface area contributed by atoms with E-state index >= 15 is 0 Å². The monoisotopic (exact) mass is 304 g/mol. The lowest BCUT2D eigenvalue weighted by atomic mass is 10.3. The normalized spacial score (nSPS) is 15.1. The van der Waals surface area contributed by atoms with Crippen LogP contribution in [0, 0.1) is 0 Å². The first-order valence-electron chi connectivity index (χ1n) is 6.75. The van der Waals surface area contributed by atoms with Crippen molar-refractivity contribution in [3.63, 3.8) is 0 Å². The molecular formula is C13H16N6OS. The summed E-state index contributed by atoms with van der Waals surface area (Å²) in [5.74, 6) is 0.803. The first-order valence-corrected chi connectivity index (χ1v) is 7.52. The average Bonchev–Trinajstić information content (AvgIpc) is 3.05. The van der Waals surface area contributed by atoms with E-state index in [0.29, 0.717) is 5.69 Å². The summed E-state index contributed by atoms with van der Waals surface area (Å²) >= 11 is 1.27. The van der Waals surface area contributed by atoms with Crippen molar-refractivity contribution in [3.05, 3.63) is 30.1 Å². The largest absolute Gasteiger partial charge is 0.357 e. The highest BCUT2D eigenvalue weighted by molar-refractivity contribution is 7.10. The molecule has 2 aromatic rings. The van der Waals surface area contributed by atoms with Crippen LogP contribution in [0.3, 0.4) is 0 Å². The Hall–Kier alpha value is -2.22. The van der Waals surface area contributed by atoms with Gasteiger partial charge in [0.15, 0.2) is 5.69 Å². The van der Waals surface area contributed by atoms with Crippen LogP contribution in [0.25, 0.3) is 0 Å². The van der Waals surface area contributed by atoms with Gasteiger partial charge in [-0.1, -0.05) is 10.6 Å². The van der Waals surface area contributed by atoms with Gasteiger partial charge in [0.25, 0.3) is 5.91 Å². The maximum absolute atomic E-state index is 11.8. The summed E-state index contributed by atoms with van der Waals surface area (Å²) < 4.78 is 3.91. The van der Waals surface area contributed by atoms with Gasteiger partial charge in [0.05, 0.1) is 0 Å². The molecule has 1 N–H and O–H groups in total. The lowest BCUT2D eigenvalue weighted by molar-refractivity contribution is 0.0958. The Morgan fingerprint density at radius 2 is 2.00 bits per heavy atom. The molecule has 110 valence electrons. The van der Waals surface area contributed by atoms with Crippen molar-refractivity contribution in [3.8, 4) is 0 Å². The minimum Gasteiger partial charge on any atom is -0.357 e. The quantitative estimate of drug-likeness (QED) is 0.896. The molecule has 2 aromatic heterocycles. The van der Waals surface area contributed by atoms with Crippen molar-refractivity contribution in [2.75, 3.05) is 43.0 Å². The van der Waals surface area contributed by atoms with Crippen LogP contribution in [0.15, 0.2) is 24.4 Å². The summed E-state index contributed by atoms with van der Waals surface area (Å²) in [6, 6.07) is 5.92. The summed E-state index contributed by atoms with van der Waals surface area (Å²) in [5, 5.41) is 7.37. The van der Waals surface area contributed by atoms with Crippen LogP contribution in [-0.4, -0.2) is 53.7 Å². The van der Waals surface area contributed by atoms with Crippen LogP contribution in [0.4, 0.5) is 10.8 Å². The molecule has 1 aliphatic rings. The molecule has 1 saturated heterocycles. The second kappa shape index (κ2) is 6.04. The van der Waals surface area contributed by atoms with E-state index in [2.05, 4.69) is 29.7 Å². The third-order valence-corrected chi connectivity index (χ3v) is 4.24. The number of nitrogens with zero attached hydrogens (tertiary/aromatic N) is 5. The van der Waals surface area contributed by atoms with Crippen LogP contribution in [0.5, 0.6) is 0 Å². The van der Waals surface area contributed by atoms with Gasteiger partial charge in [-0.15, -0.1) is 5.10 Å². The maximum atomic E-state index is 11.8. The first-order chi connectivity index (χ1) is 10.3. The molecule has 0 atom stereocenters. The maximum Gasteiger partial charge on any atom is 0.274 e. The summed E-state index contributed by atoms with van der Waals surface area (Å²) in [6.45, 7) is 3.37. The molecule has 8 heteroatoms. The molecule has 0 unspecified atom stereocenters. The number of rotatable bonds is 3. The molecule has 0 radical (unpaired) electrons. The van der Waals surface area contributed by atoms with Gasteiger partial charge in [-0.2, -0.15) is 0 Å². The standard InChI is InChI=1S/C13H16N6OS/c1-14-12(20)11-13(21-17-16-11)19-8-6-18(7-9-19)10-4-2-3-5-15-10/h2-5H,6-9H2,1H3,(H,14,20). The van der Waals surface area contributed by atoms with Gasteiger partial charge in [0.2, 0.25) is 0 Å². The van der Waals surface area contributed by atoms with Crippen molar-refractivity contribution < 1.29 is 4.79 Å². The Morgan fingerprint density at radius 3 is 2.67 bits per heavy atom.